The van der Waals surface area contributed by atoms with Gasteiger partial charge in [-0.15, -0.1) is 0 Å². The molecule has 0 aliphatic carbocycles. The molecule has 6 nitrogen and oxygen atoms in total. The van der Waals surface area contributed by atoms with Crippen LogP contribution in [0.25, 0.3) is 0 Å². The molecular formula is C23H28F3N3O3. The second kappa shape index (κ2) is 8.91. The molecule has 2 atom stereocenters. The number of carbonyl (C=O) groups is 1. The Morgan fingerprint density at radius 1 is 1.31 bits per heavy atom. The molecule has 0 aromatic heterocycles. The maximum absolute atomic E-state index is 13.4. The number of alkyl halides is 3. The van der Waals surface area contributed by atoms with Gasteiger partial charge in [-0.2, -0.15) is 18.4 Å². The van der Waals surface area contributed by atoms with Crippen molar-refractivity contribution >= 4 is 11.6 Å². The molecule has 0 saturated carbocycles. The number of methoxy groups -OCH3 is 1. The highest BCUT2D eigenvalue weighted by Crippen LogP contribution is 2.45. The van der Waals surface area contributed by atoms with Gasteiger partial charge < -0.3 is 19.3 Å². The number of anilines is 1. The molecule has 0 bridgehead atoms. The van der Waals surface area contributed by atoms with Gasteiger partial charge in [-0.1, -0.05) is 0 Å². The topological polar surface area (TPSA) is 65.8 Å². The number of ether oxygens (including phenoxy) is 2. The van der Waals surface area contributed by atoms with Gasteiger partial charge >= 0.3 is 6.18 Å². The van der Waals surface area contributed by atoms with Crippen LogP contribution < -0.4 is 4.90 Å². The molecule has 32 heavy (non-hydrogen) atoms. The molecule has 0 radical (unpaired) electrons. The standard InChI is InChI=1S/C23H28F3N3O3/c1-31-15-22-6-7-28(19-3-2-17(11-27)20(10-19)23(24,25)26)12-18(22)13-29(14-22)21(30)16-4-8-32-9-5-16/h2-3,10,16,18H,4-9,12-15H2,1H3/t18-,22+/m1/s1. The average Bonchev–Trinajstić information content (AvgIpc) is 3.17. The predicted molar refractivity (Wildman–Crippen MR) is 111 cm³/mol. The highest BCUT2D eigenvalue weighted by Gasteiger charge is 2.51. The third-order valence-electron chi connectivity index (χ3n) is 7.24. The summed E-state index contributed by atoms with van der Waals surface area (Å²) >= 11 is 0. The van der Waals surface area contributed by atoms with Gasteiger partial charge in [-0.3, -0.25) is 4.79 Å². The van der Waals surface area contributed by atoms with Gasteiger partial charge in [0.05, 0.1) is 23.8 Å². The Labute approximate surface area is 185 Å². The fourth-order valence-corrected chi connectivity index (χ4v) is 5.47. The Morgan fingerprint density at radius 3 is 2.72 bits per heavy atom. The molecule has 1 aromatic carbocycles. The Morgan fingerprint density at radius 2 is 2.06 bits per heavy atom. The summed E-state index contributed by atoms with van der Waals surface area (Å²) in [4.78, 5) is 17.0. The Kier molecular flexibility index (Phi) is 6.37. The van der Waals surface area contributed by atoms with E-state index in [4.69, 9.17) is 14.7 Å². The van der Waals surface area contributed by atoms with Crippen LogP contribution in [0.2, 0.25) is 0 Å². The summed E-state index contributed by atoms with van der Waals surface area (Å²) in [5.41, 5.74) is -1.02. The van der Waals surface area contributed by atoms with Gasteiger partial charge in [0.15, 0.2) is 0 Å². The number of amides is 1. The summed E-state index contributed by atoms with van der Waals surface area (Å²) < 4.78 is 51.2. The van der Waals surface area contributed by atoms with E-state index in [1.807, 2.05) is 9.80 Å². The van der Waals surface area contributed by atoms with Crippen molar-refractivity contribution in [3.8, 4) is 6.07 Å². The molecule has 1 amide bonds. The second-order valence-corrected chi connectivity index (χ2v) is 9.13. The number of hydrogen-bond acceptors (Lipinski definition) is 5. The number of carbonyl (C=O) groups excluding carboxylic acids is 1. The van der Waals surface area contributed by atoms with E-state index >= 15 is 0 Å². The normalized spacial score (nSPS) is 26.7. The first-order chi connectivity index (χ1) is 15.3. The van der Waals surface area contributed by atoms with Crippen LogP contribution in [0.5, 0.6) is 0 Å². The monoisotopic (exact) mass is 451 g/mol. The minimum atomic E-state index is -4.59. The summed E-state index contributed by atoms with van der Waals surface area (Å²) in [5.74, 6) is 0.236. The number of benzene rings is 1. The van der Waals surface area contributed by atoms with Crippen molar-refractivity contribution in [1.29, 1.82) is 5.26 Å². The summed E-state index contributed by atoms with van der Waals surface area (Å²) in [6.45, 7) is 4.04. The van der Waals surface area contributed by atoms with Crippen LogP contribution in [0.4, 0.5) is 18.9 Å². The summed E-state index contributed by atoms with van der Waals surface area (Å²) in [6.07, 6.45) is -2.40. The first kappa shape index (κ1) is 22.9. The number of piperidine rings is 1. The summed E-state index contributed by atoms with van der Waals surface area (Å²) in [7, 11) is 1.65. The number of hydrogen-bond donors (Lipinski definition) is 0. The molecular weight excluding hydrogens is 423 g/mol. The van der Waals surface area contributed by atoms with E-state index in [9.17, 15) is 18.0 Å². The highest BCUT2D eigenvalue weighted by molar-refractivity contribution is 5.79. The van der Waals surface area contributed by atoms with Gasteiger partial charge in [0.1, 0.15) is 0 Å². The van der Waals surface area contributed by atoms with Crippen LogP contribution in [0, 0.1) is 28.6 Å². The van der Waals surface area contributed by atoms with E-state index in [0.29, 0.717) is 51.7 Å². The molecule has 3 aliphatic rings. The number of halogens is 3. The van der Waals surface area contributed by atoms with Crippen LogP contribution >= 0.6 is 0 Å². The van der Waals surface area contributed by atoms with Crippen LogP contribution in [0.1, 0.15) is 30.4 Å². The molecule has 3 fully saturated rings. The lowest BCUT2D eigenvalue weighted by Crippen LogP contribution is -2.49. The zero-order chi connectivity index (χ0) is 22.9. The van der Waals surface area contributed by atoms with Crippen LogP contribution in [-0.4, -0.2) is 63.9 Å². The van der Waals surface area contributed by atoms with Crippen molar-refractivity contribution in [3.63, 3.8) is 0 Å². The molecule has 3 heterocycles. The minimum absolute atomic E-state index is 0.0209. The number of fused-ring (bicyclic) bond motifs is 1. The first-order valence-corrected chi connectivity index (χ1v) is 11.0. The van der Waals surface area contributed by atoms with Gasteiger partial charge in [0.2, 0.25) is 5.91 Å². The third-order valence-corrected chi connectivity index (χ3v) is 7.24. The lowest BCUT2D eigenvalue weighted by molar-refractivity contribution is -0.138. The summed E-state index contributed by atoms with van der Waals surface area (Å²) in [5, 5.41) is 9.06. The van der Waals surface area contributed by atoms with Crippen molar-refractivity contribution in [3.05, 3.63) is 29.3 Å². The minimum Gasteiger partial charge on any atom is -0.384 e. The van der Waals surface area contributed by atoms with Crippen molar-refractivity contribution in [2.24, 2.45) is 17.3 Å². The van der Waals surface area contributed by atoms with Gasteiger partial charge in [0.25, 0.3) is 0 Å². The fourth-order valence-electron chi connectivity index (χ4n) is 5.47. The van der Waals surface area contributed by atoms with Crippen molar-refractivity contribution in [2.75, 3.05) is 58.0 Å². The molecule has 3 aliphatic heterocycles. The lowest BCUT2D eigenvalue weighted by Gasteiger charge is -2.44. The molecule has 0 unspecified atom stereocenters. The lowest BCUT2D eigenvalue weighted by atomic mass is 9.73. The number of nitrogens with zero attached hydrogens (tertiary/aromatic N) is 3. The van der Waals surface area contributed by atoms with E-state index in [1.54, 1.807) is 19.2 Å². The van der Waals surface area contributed by atoms with E-state index < -0.39 is 11.7 Å². The Hall–Kier alpha value is -2.31. The molecule has 9 heteroatoms. The van der Waals surface area contributed by atoms with Gasteiger partial charge in [-0.25, -0.2) is 0 Å². The van der Waals surface area contributed by atoms with E-state index in [0.717, 1.165) is 25.3 Å². The predicted octanol–water partition coefficient (Wildman–Crippen LogP) is 3.30. The van der Waals surface area contributed by atoms with Crippen LogP contribution in [0.15, 0.2) is 18.2 Å². The molecule has 0 spiro atoms. The van der Waals surface area contributed by atoms with Crippen molar-refractivity contribution in [2.45, 2.75) is 25.4 Å². The van der Waals surface area contributed by atoms with Crippen LogP contribution in [0.3, 0.4) is 0 Å². The molecule has 0 N–H and O–H groups in total. The zero-order valence-electron chi connectivity index (χ0n) is 18.2. The van der Waals surface area contributed by atoms with Crippen LogP contribution in [-0.2, 0) is 20.4 Å². The maximum atomic E-state index is 13.4. The number of likely N-dealkylation sites (tertiary alicyclic amines) is 1. The maximum Gasteiger partial charge on any atom is 0.417 e. The smallest absolute Gasteiger partial charge is 0.384 e. The number of rotatable bonds is 4. The largest absolute Gasteiger partial charge is 0.417 e. The Bertz CT molecular complexity index is 895. The quantitative estimate of drug-likeness (QED) is 0.703. The first-order valence-electron chi connectivity index (χ1n) is 11.0. The third kappa shape index (κ3) is 4.30. The Balaban J connectivity index is 1.54. The van der Waals surface area contributed by atoms with E-state index in [-0.39, 0.29) is 28.7 Å². The average molecular weight is 451 g/mol. The molecule has 4 rings (SSSR count). The van der Waals surface area contributed by atoms with Crippen molar-refractivity contribution < 1.29 is 27.4 Å². The van der Waals surface area contributed by atoms with Gasteiger partial charge in [-0.05, 0) is 37.5 Å². The molecule has 174 valence electrons. The van der Waals surface area contributed by atoms with Gasteiger partial charge in [0, 0.05) is 69.4 Å². The van der Waals surface area contributed by atoms with E-state index in [2.05, 4.69) is 0 Å². The molecule has 3 saturated heterocycles. The fraction of sp³-hybridized carbons (Fsp3) is 0.652. The summed E-state index contributed by atoms with van der Waals surface area (Å²) in [6, 6.07) is 5.53. The van der Waals surface area contributed by atoms with E-state index in [1.165, 1.54) is 6.07 Å². The zero-order valence-corrected chi connectivity index (χ0v) is 18.2. The number of nitriles is 1. The van der Waals surface area contributed by atoms with Crippen molar-refractivity contribution in [1.82, 2.24) is 4.90 Å². The molecule has 1 aromatic rings. The second-order valence-electron chi connectivity index (χ2n) is 9.13. The highest BCUT2D eigenvalue weighted by atomic mass is 19.4. The SMILES string of the molecule is COC[C@@]12CCN(c3ccc(C#N)c(C(F)(F)F)c3)C[C@@H]1CN(C(=O)C1CCOCC1)C2.